The lowest BCUT2D eigenvalue weighted by atomic mass is 10.0. The molecule has 1 unspecified atom stereocenters. The lowest BCUT2D eigenvalue weighted by Gasteiger charge is -2.18. The maximum atomic E-state index is 12.4. The fourth-order valence-electron chi connectivity index (χ4n) is 2.24. The Bertz CT molecular complexity index is 722. The van der Waals surface area contributed by atoms with E-state index < -0.39 is 24.5 Å². The second-order valence-corrected chi connectivity index (χ2v) is 5.12. The highest BCUT2D eigenvalue weighted by Crippen LogP contribution is 2.20. The van der Waals surface area contributed by atoms with E-state index in [9.17, 15) is 18.4 Å². The molecule has 2 rings (SSSR count). The lowest BCUT2D eigenvalue weighted by molar-refractivity contribution is -0.141. The van der Waals surface area contributed by atoms with Crippen LogP contribution in [-0.2, 0) is 9.53 Å². The Morgan fingerprint density at radius 1 is 1.08 bits per heavy atom. The van der Waals surface area contributed by atoms with Gasteiger partial charge in [0.15, 0.2) is 0 Å². The van der Waals surface area contributed by atoms with Crippen molar-refractivity contribution in [3.05, 3.63) is 65.7 Å². The topological polar surface area (TPSA) is 64.6 Å². The molecule has 1 atom stereocenters. The molecule has 0 aliphatic rings. The van der Waals surface area contributed by atoms with E-state index in [0.717, 1.165) is 5.56 Å². The van der Waals surface area contributed by atoms with Crippen molar-refractivity contribution in [3.63, 3.8) is 0 Å². The molecule has 0 saturated carbocycles. The van der Waals surface area contributed by atoms with E-state index in [0.29, 0.717) is 0 Å². The Hall–Kier alpha value is -2.96. The zero-order valence-corrected chi connectivity index (χ0v) is 13.4. The predicted molar refractivity (Wildman–Crippen MR) is 86.4 cm³/mol. The summed E-state index contributed by atoms with van der Waals surface area (Å²) in [6, 6.07) is 13.7. The van der Waals surface area contributed by atoms with Gasteiger partial charge in [0.25, 0.3) is 5.91 Å². The molecule has 0 spiro atoms. The van der Waals surface area contributed by atoms with Crippen LogP contribution < -0.4 is 10.1 Å². The van der Waals surface area contributed by atoms with Crippen LogP contribution in [0.4, 0.5) is 8.78 Å². The molecular weight excluding hydrogens is 332 g/mol. The standard InChI is InChI=1S/C18H17F2NO4/c1-24-16(22)11-15(12-6-3-2-4-7-12)21-17(23)13-8-5-9-14(10-13)25-18(19)20/h2-10,15,18H,11H2,1H3,(H,21,23). The summed E-state index contributed by atoms with van der Waals surface area (Å²) in [4.78, 5) is 24.0. The fourth-order valence-corrected chi connectivity index (χ4v) is 2.24. The molecule has 25 heavy (non-hydrogen) atoms. The number of rotatable bonds is 7. The second-order valence-electron chi connectivity index (χ2n) is 5.12. The molecule has 2 aromatic carbocycles. The van der Waals surface area contributed by atoms with Crippen LogP contribution in [0, 0.1) is 0 Å². The van der Waals surface area contributed by atoms with E-state index in [-0.39, 0.29) is 17.7 Å². The zero-order valence-electron chi connectivity index (χ0n) is 13.4. The Balaban J connectivity index is 2.17. The first kappa shape index (κ1) is 18.4. The average molecular weight is 349 g/mol. The third kappa shape index (κ3) is 5.56. The number of carbonyl (C=O) groups is 2. The van der Waals surface area contributed by atoms with E-state index in [1.165, 1.54) is 31.4 Å². The van der Waals surface area contributed by atoms with Crippen LogP contribution in [0.25, 0.3) is 0 Å². The van der Waals surface area contributed by atoms with Gasteiger partial charge in [0.1, 0.15) is 5.75 Å². The molecule has 0 aromatic heterocycles. The highest BCUT2D eigenvalue weighted by molar-refractivity contribution is 5.95. The molecule has 0 aliphatic heterocycles. The first-order chi connectivity index (χ1) is 12.0. The van der Waals surface area contributed by atoms with Crippen molar-refractivity contribution >= 4 is 11.9 Å². The summed E-state index contributed by atoms with van der Waals surface area (Å²) in [6.45, 7) is -2.98. The first-order valence-electron chi connectivity index (χ1n) is 7.47. The molecule has 0 aliphatic carbocycles. The largest absolute Gasteiger partial charge is 0.469 e. The quantitative estimate of drug-likeness (QED) is 0.779. The SMILES string of the molecule is COC(=O)CC(NC(=O)c1cccc(OC(F)F)c1)c1ccccc1. The van der Waals surface area contributed by atoms with Crippen LogP contribution in [0.2, 0.25) is 0 Å². The number of esters is 1. The third-order valence-electron chi connectivity index (χ3n) is 3.43. The number of alkyl halides is 2. The Kier molecular flexibility index (Phi) is 6.45. The number of nitrogens with one attached hydrogen (secondary N) is 1. The molecule has 0 radical (unpaired) electrons. The maximum absolute atomic E-state index is 12.4. The van der Waals surface area contributed by atoms with E-state index in [1.54, 1.807) is 24.3 Å². The smallest absolute Gasteiger partial charge is 0.387 e. The number of carbonyl (C=O) groups excluding carboxylic acids is 2. The summed E-state index contributed by atoms with van der Waals surface area (Å²) in [7, 11) is 1.26. The molecule has 0 saturated heterocycles. The molecule has 1 amide bonds. The number of halogens is 2. The maximum Gasteiger partial charge on any atom is 0.387 e. The van der Waals surface area contributed by atoms with Gasteiger partial charge in [-0.1, -0.05) is 36.4 Å². The highest BCUT2D eigenvalue weighted by atomic mass is 19.3. The number of amides is 1. The fraction of sp³-hybridized carbons (Fsp3) is 0.222. The van der Waals surface area contributed by atoms with Crippen molar-refractivity contribution < 1.29 is 27.8 Å². The van der Waals surface area contributed by atoms with E-state index >= 15 is 0 Å². The third-order valence-corrected chi connectivity index (χ3v) is 3.43. The van der Waals surface area contributed by atoms with Gasteiger partial charge in [-0.25, -0.2) is 0 Å². The monoisotopic (exact) mass is 349 g/mol. The minimum Gasteiger partial charge on any atom is -0.469 e. The van der Waals surface area contributed by atoms with Gasteiger partial charge < -0.3 is 14.8 Å². The minimum absolute atomic E-state index is 0.0561. The molecule has 0 fully saturated rings. The van der Waals surface area contributed by atoms with Crippen LogP contribution in [0.3, 0.4) is 0 Å². The highest BCUT2D eigenvalue weighted by Gasteiger charge is 2.20. The van der Waals surface area contributed by atoms with Crippen molar-refractivity contribution in [3.8, 4) is 5.75 Å². The molecule has 0 bridgehead atoms. The minimum atomic E-state index is -2.98. The van der Waals surface area contributed by atoms with Crippen LogP contribution in [-0.4, -0.2) is 25.6 Å². The number of methoxy groups -OCH3 is 1. The summed E-state index contributed by atoms with van der Waals surface area (Å²) in [5.41, 5.74) is 0.866. The van der Waals surface area contributed by atoms with E-state index in [4.69, 9.17) is 0 Å². The molecule has 5 nitrogen and oxygen atoms in total. The van der Waals surface area contributed by atoms with Gasteiger partial charge in [-0.2, -0.15) is 8.78 Å². The van der Waals surface area contributed by atoms with Gasteiger partial charge in [-0.15, -0.1) is 0 Å². The van der Waals surface area contributed by atoms with E-state index in [2.05, 4.69) is 14.8 Å². The van der Waals surface area contributed by atoms with Crippen molar-refractivity contribution in [1.82, 2.24) is 5.32 Å². The molecular formula is C18H17F2NO4. The molecule has 7 heteroatoms. The van der Waals surface area contributed by atoms with Crippen molar-refractivity contribution in [2.75, 3.05) is 7.11 Å². The molecule has 132 valence electrons. The number of hydrogen-bond donors (Lipinski definition) is 1. The van der Waals surface area contributed by atoms with Gasteiger partial charge >= 0.3 is 12.6 Å². The number of ether oxygens (including phenoxy) is 2. The Morgan fingerprint density at radius 3 is 2.44 bits per heavy atom. The summed E-state index contributed by atoms with van der Waals surface area (Å²) in [6.07, 6.45) is -0.0561. The van der Waals surface area contributed by atoms with Gasteiger partial charge in [0, 0.05) is 5.56 Å². The van der Waals surface area contributed by atoms with Gasteiger partial charge in [-0.05, 0) is 23.8 Å². The van der Waals surface area contributed by atoms with Crippen molar-refractivity contribution in [1.29, 1.82) is 0 Å². The predicted octanol–water partition coefficient (Wildman–Crippen LogP) is 3.32. The zero-order chi connectivity index (χ0) is 18.2. The first-order valence-corrected chi connectivity index (χ1v) is 7.47. The Labute approximate surface area is 143 Å². The van der Waals surface area contributed by atoms with Crippen LogP contribution >= 0.6 is 0 Å². The van der Waals surface area contributed by atoms with Crippen molar-refractivity contribution in [2.24, 2.45) is 0 Å². The number of hydrogen-bond acceptors (Lipinski definition) is 4. The molecule has 0 heterocycles. The summed E-state index contributed by atoms with van der Waals surface area (Å²) < 4.78 is 33.5. The average Bonchev–Trinajstić information content (AvgIpc) is 2.61. The second kappa shape index (κ2) is 8.77. The lowest BCUT2D eigenvalue weighted by Crippen LogP contribution is -2.30. The normalized spacial score (nSPS) is 11.7. The molecule has 1 N–H and O–H groups in total. The summed E-state index contributed by atoms with van der Waals surface area (Å²) in [5, 5.41) is 2.71. The van der Waals surface area contributed by atoms with Crippen LogP contribution in [0.15, 0.2) is 54.6 Å². The molecule has 2 aromatic rings. The number of benzene rings is 2. The van der Waals surface area contributed by atoms with Gasteiger partial charge in [-0.3, -0.25) is 9.59 Å². The van der Waals surface area contributed by atoms with Gasteiger partial charge in [0.2, 0.25) is 0 Å². The Morgan fingerprint density at radius 2 is 1.80 bits per heavy atom. The summed E-state index contributed by atoms with van der Waals surface area (Å²) >= 11 is 0. The van der Waals surface area contributed by atoms with Crippen molar-refractivity contribution in [2.45, 2.75) is 19.1 Å². The van der Waals surface area contributed by atoms with Crippen LogP contribution in [0.5, 0.6) is 5.75 Å². The summed E-state index contributed by atoms with van der Waals surface area (Å²) in [5.74, 6) is -1.12. The van der Waals surface area contributed by atoms with Gasteiger partial charge in [0.05, 0.1) is 19.6 Å². The van der Waals surface area contributed by atoms with E-state index in [1.807, 2.05) is 6.07 Å². The van der Waals surface area contributed by atoms with Crippen LogP contribution in [0.1, 0.15) is 28.4 Å².